The summed E-state index contributed by atoms with van der Waals surface area (Å²) in [4.78, 5) is 0. The van der Waals surface area contributed by atoms with Crippen molar-refractivity contribution >= 4 is 0 Å². The molecule has 1 fully saturated rings. The van der Waals surface area contributed by atoms with Crippen molar-refractivity contribution in [2.75, 3.05) is 19.8 Å². The van der Waals surface area contributed by atoms with Gasteiger partial charge in [0.1, 0.15) is 5.75 Å². The molecule has 0 atom stereocenters. The van der Waals surface area contributed by atoms with Gasteiger partial charge in [0.15, 0.2) is 0 Å². The summed E-state index contributed by atoms with van der Waals surface area (Å²) in [5, 5.41) is 3.44. The van der Waals surface area contributed by atoms with Gasteiger partial charge in [0.25, 0.3) is 0 Å². The van der Waals surface area contributed by atoms with Crippen molar-refractivity contribution in [2.45, 2.75) is 32.4 Å². The molecule has 0 aromatic heterocycles. The molecule has 1 aromatic carbocycles. The van der Waals surface area contributed by atoms with Crippen LogP contribution in [0.25, 0.3) is 0 Å². The van der Waals surface area contributed by atoms with Crippen molar-refractivity contribution in [3.05, 3.63) is 29.8 Å². The lowest BCUT2D eigenvalue weighted by Gasteiger charge is -2.27. The second-order valence-corrected chi connectivity index (χ2v) is 4.46. The topological polar surface area (TPSA) is 30.5 Å². The Balaban J connectivity index is 1.72. The van der Waals surface area contributed by atoms with Gasteiger partial charge in [-0.3, -0.25) is 0 Å². The summed E-state index contributed by atoms with van der Waals surface area (Å²) in [6.45, 7) is 5.58. The third-order valence-electron chi connectivity index (χ3n) is 2.92. The first-order chi connectivity index (χ1) is 8.38. The Morgan fingerprint density at radius 3 is 2.65 bits per heavy atom. The Bertz CT molecular complexity index is 319. The highest BCUT2D eigenvalue weighted by molar-refractivity contribution is 5.27. The molecule has 1 N–H and O–H groups in total. The van der Waals surface area contributed by atoms with Crippen LogP contribution in [0, 0.1) is 0 Å². The van der Waals surface area contributed by atoms with E-state index in [-0.39, 0.29) is 0 Å². The summed E-state index contributed by atoms with van der Waals surface area (Å²) in [6, 6.07) is 8.87. The molecule has 3 heteroatoms. The summed E-state index contributed by atoms with van der Waals surface area (Å²) < 4.78 is 10.7. The molecule has 17 heavy (non-hydrogen) atoms. The zero-order valence-corrected chi connectivity index (χ0v) is 10.4. The summed E-state index contributed by atoms with van der Waals surface area (Å²) >= 11 is 0. The van der Waals surface area contributed by atoms with E-state index in [0.717, 1.165) is 38.5 Å². The summed E-state index contributed by atoms with van der Waals surface area (Å²) in [6.07, 6.45) is 2.29. The minimum absolute atomic E-state index is 0.537. The van der Waals surface area contributed by atoms with Crippen LogP contribution in [0.1, 0.15) is 25.3 Å². The van der Waals surface area contributed by atoms with Crippen LogP contribution in [0.5, 0.6) is 5.75 Å². The molecular weight excluding hydrogens is 214 g/mol. The van der Waals surface area contributed by atoms with Crippen LogP contribution in [0.3, 0.4) is 0 Å². The molecule has 3 nitrogen and oxygen atoms in total. The molecule has 0 unspecified atom stereocenters. The van der Waals surface area contributed by atoms with E-state index < -0.39 is 0 Å². The van der Waals surface area contributed by atoms with Crippen LogP contribution in [-0.4, -0.2) is 25.9 Å². The second-order valence-electron chi connectivity index (χ2n) is 4.46. The maximum atomic E-state index is 5.62. The van der Waals surface area contributed by atoms with Crippen molar-refractivity contribution in [2.24, 2.45) is 0 Å². The zero-order valence-electron chi connectivity index (χ0n) is 10.4. The van der Waals surface area contributed by atoms with E-state index in [4.69, 9.17) is 9.47 Å². The molecule has 0 amide bonds. The number of ether oxygens (including phenoxy) is 2. The molecule has 1 saturated heterocycles. The summed E-state index contributed by atoms with van der Waals surface area (Å²) in [5.41, 5.74) is 1.29. The first kappa shape index (κ1) is 12.4. The highest BCUT2D eigenvalue weighted by Crippen LogP contribution is 2.13. The van der Waals surface area contributed by atoms with E-state index >= 15 is 0 Å². The van der Waals surface area contributed by atoms with Gasteiger partial charge in [-0.05, 0) is 24.1 Å². The minimum Gasteiger partial charge on any atom is -0.494 e. The number of benzene rings is 1. The monoisotopic (exact) mass is 235 g/mol. The Hall–Kier alpha value is -1.06. The standard InChI is InChI=1S/C14H21NO2/c1-2-3-8-17-14-6-4-12(5-7-14)9-15-13-10-16-11-13/h4-7,13,15H,2-3,8-11H2,1H3. The van der Waals surface area contributed by atoms with Gasteiger partial charge < -0.3 is 14.8 Å². The fourth-order valence-corrected chi connectivity index (χ4v) is 1.65. The average Bonchev–Trinajstić information content (AvgIpc) is 2.29. The van der Waals surface area contributed by atoms with Crippen LogP contribution < -0.4 is 10.1 Å². The lowest BCUT2D eigenvalue weighted by atomic mass is 10.2. The number of hydrogen-bond acceptors (Lipinski definition) is 3. The second kappa shape index (κ2) is 6.62. The summed E-state index contributed by atoms with van der Waals surface area (Å²) in [7, 11) is 0. The normalized spacial score (nSPS) is 15.6. The number of nitrogens with one attached hydrogen (secondary N) is 1. The quantitative estimate of drug-likeness (QED) is 0.736. The zero-order chi connectivity index (χ0) is 11.9. The maximum Gasteiger partial charge on any atom is 0.119 e. The van der Waals surface area contributed by atoms with Gasteiger partial charge in [0.2, 0.25) is 0 Å². The smallest absolute Gasteiger partial charge is 0.119 e. The Labute approximate surface area is 103 Å². The lowest BCUT2D eigenvalue weighted by molar-refractivity contribution is -0.00578. The average molecular weight is 235 g/mol. The van der Waals surface area contributed by atoms with Crippen molar-refractivity contribution in [3.63, 3.8) is 0 Å². The molecule has 0 radical (unpaired) electrons. The Morgan fingerprint density at radius 1 is 1.29 bits per heavy atom. The number of hydrogen-bond donors (Lipinski definition) is 1. The van der Waals surface area contributed by atoms with Gasteiger partial charge in [-0.15, -0.1) is 0 Å². The van der Waals surface area contributed by atoms with Gasteiger partial charge in [0.05, 0.1) is 25.9 Å². The van der Waals surface area contributed by atoms with E-state index in [9.17, 15) is 0 Å². The molecule has 0 bridgehead atoms. The summed E-state index contributed by atoms with van der Waals surface area (Å²) in [5.74, 6) is 0.967. The lowest BCUT2D eigenvalue weighted by Crippen LogP contribution is -2.45. The molecule has 2 rings (SSSR count). The van der Waals surface area contributed by atoms with Gasteiger partial charge in [0, 0.05) is 6.54 Å². The van der Waals surface area contributed by atoms with Crippen molar-refractivity contribution < 1.29 is 9.47 Å². The fraction of sp³-hybridized carbons (Fsp3) is 0.571. The highest BCUT2D eigenvalue weighted by atomic mass is 16.5. The predicted octanol–water partition coefficient (Wildman–Crippen LogP) is 2.35. The van der Waals surface area contributed by atoms with Crippen molar-refractivity contribution in [1.29, 1.82) is 0 Å². The predicted molar refractivity (Wildman–Crippen MR) is 68.3 cm³/mol. The third-order valence-corrected chi connectivity index (χ3v) is 2.92. The van der Waals surface area contributed by atoms with Crippen LogP contribution in [0.2, 0.25) is 0 Å². The molecule has 1 aliphatic rings. The van der Waals surface area contributed by atoms with Gasteiger partial charge in [-0.2, -0.15) is 0 Å². The fourth-order valence-electron chi connectivity index (χ4n) is 1.65. The van der Waals surface area contributed by atoms with Crippen LogP contribution in [-0.2, 0) is 11.3 Å². The van der Waals surface area contributed by atoms with Gasteiger partial charge in [-0.25, -0.2) is 0 Å². The largest absolute Gasteiger partial charge is 0.494 e. The molecule has 1 aromatic rings. The molecule has 0 aliphatic carbocycles. The number of rotatable bonds is 7. The Kier molecular flexibility index (Phi) is 4.83. The SMILES string of the molecule is CCCCOc1ccc(CNC2COC2)cc1. The van der Waals surface area contributed by atoms with Gasteiger partial charge >= 0.3 is 0 Å². The minimum atomic E-state index is 0.537. The van der Waals surface area contributed by atoms with Crippen molar-refractivity contribution in [1.82, 2.24) is 5.32 Å². The highest BCUT2D eigenvalue weighted by Gasteiger charge is 2.16. The first-order valence-corrected chi connectivity index (χ1v) is 6.41. The van der Waals surface area contributed by atoms with Crippen LogP contribution in [0.15, 0.2) is 24.3 Å². The third kappa shape index (κ3) is 4.02. The van der Waals surface area contributed by atoms with E-state index in [0.29, 0.717) is 6.04 Å². The van der Waals surface area contributed by atoms with E-state index in [1.54, 1.807) is 0 Å². The molecule has 1 heterocycles. The Morgan fingerprint density at radius 2 is 2.06 bits per heavy atom. The molecule has 1 aliphatic heterocycles. The molecular formula is C14H21NO2. The van der Waals surface area contributed by atoms with Crippen LogP contribution in [0.4, 0.5) is 0 Å². The maximum absolute atomic E-state index is 5.62. The molecule has 0 spiro atoms. The number of unbranched alkanes of at least 4 members (excludes halogenated alkanes) is 1. The van der Waals surface area contributed by atoms with Gasteiger partial charge in [-0.1, -0.05) is 25.5 Å². The molecule has 0 saturated carbocycles. The van der Waals surface area contributed by atoms with E-state index in [1.807, 2.05) is 12.1 Å². The van der Waals surface area contributed by atoms with E-state index in [1.165, 1.54) is 12.0 Å². The van der Waals surface area contributed by atoms with E-state index in [2.05, 4.69) is 24.4 Å². The van der Waals surface area contributed by atoms with Crippen LogP contribution >= 0.6 is 0 Å². The first-order valence-electron chi connectivity index (χ1n) is 6.41. The van der Waals surface area contributed by atoms with Crippen molar-refractivity contribution in [3.8, 4) is 5.75 Å². The molecule has 94 valence electrons.